The molecule has 0 radical (unpaired) electrons. The van der Waals surface area contributed by atoms with E-state index in [0.29, 0.717) is 26.1 Å². The predicted molar refractivity (Wildman–Crippen MR) is 124 cm³/mol. The van der Waals surface area contributed by atoms with Gasteiger partial charge in [0, 0.05) is 38.3 Å². The number of hydrogen-bond donors (Lipinski definition) is 1. The van der Waals surface area contributed by atoms with E-state index in [-0.39, 0.29) is 30.5 Å². The van der Waals surface area contributed by atoms with Crippen LogP contribution in [0.3, 0.4) is 0 Å². The summed E-state index contributed by atoms with van der Waals surface area (Å²) in [4.78, 5) is 26.5. The topological polar surface area (TPSA) is 86.8 Å². The van der Waals surface area contributed by atoms with Crippen LogP contribution in [0, 0.1) is 12.8 Å². The molecule has 1 unspecified atom stereocenters. The molecule has 7 nitrogen and oxygen atoms in total. The molecule has 0 spiro atoms. The van der Waals surface area contributed by atoms with Crippen molar-refractivity contribution in [1.82, 2.24) is 9.62 Å². The molecule has 170 valence electrons. The van der Waals surface area contributed by atoms with Crippen LogP contribution in [-0.4, -0.2) is 49.9 Å². The van der Waals surface area contributed by atoms with Gasteiger partial charge in [-0.1, -0.05) is 42.0 Å². The van der Waals surface area contributed by atoms with Crippen LogP contribution in [-0.2, 0) is 32.6 Å². The molecule has 8 heteroatoms. The zero-order valence-corrected chi connectivity index (χ0v) is 19.1. The minimum absolute atomic E-state index is 0.00542. The predicted octanol–water partition coefficient (Wildman–Crippen LogP) is 2.24. The first kappa shape index (κ1) is 22.5. The Balaban J connectivity index is 1.24. The van der Waals surface area contributed by atoms with Crippen molar-refractivity contribution >= 4 is 27.5 Å². The highest BCUT2D eigenvalue weighted by Crippen LogP contribution is 2.25. The van der Waals surface area contributed by atoms with E-state index in [1.807, 2.05) is 55.5 Å². The summed E-state index contributed by atoms with van der Waals surface area (Å²) in [5, 5.41) is 2.82. The second kappa shape index (κ2) is 9.42. The first-order chi connectivity index (χ1) is 15.3. The van der Waals surface area contributed by atoms with Crippen molar-refractivity contribution in [3.8, 4) is 0 Å². The highest BCUT2D eigenvalue weighted by Gasteiger charge is 2.35. The van der Waals surface area contributed by atoms with E-state index >= 15 is 0 Å². The number of benzene rings is 2. The van der Waals surface area contributed by atoms with Crippen LogP contribution >= 0.6 is 0 Å². The molecule has 0 aromatic heterocycles. The molecule has 1 saturated heterocycles. The quantitative estimate of drug-likeness (QED) is 0.649. The van der Waals surface area contributed by atoms with Gasteiger partial charge in [0.2, 0.25) is 21.8 Å². The summed E-state index contributed by atoms with van der Waals surface area (Å²) in [6.45, 7) is 3.50. The Morgan fingerprint density at radius 3 is 2.56 bits per heavy atom. The molecule has 2 aromatic rings. The van der Waals surface area contributed by atoms with Gasteiger partial charge in [-0.25, -0.2) is 8.42 Å². The van der Waals surface area contributed by atoms with Crippen molar-refractivity contribution in [2.75, 3.05) is 30.3 Å². The van der Waals surface area contributed by atoms with Gasteiger partial charge in [-0.05, 0) is 43.0 Å². The smallest absolute Gasteiger partial charge is 0.227 e. The number of anilines is 1. The van der Waals surface area contributed by atoms with Gasteiger partial charge >= 0.3 is 0 Å². The molecule has 2 aliphatic heterocycles. The highest BCUT2D eigenvalue weighted by molar-refractivity contribution is 7.89. The Bertz CT molecular complexity index is 1100. The van der Waals surface area contributed by atoms with E-state index in [1.54, 1.807) is 4.90 Å². The van der Waals surface area contributed by atoms with Crippen molar-refractivity contribution in [3.63, 3.8) is 0 Å². The van der Waals surface area contributed by atoms with Crippen molar-refractivity contribution in [1.29, 1.82) is 0 Å². The molecule has 32 heavy (non-hydrogen) atoms. The minimum atomic E-state index is -3.38. The lowest BCUT2D eigenvalue weighted by molar-refractivity contribution is -0.126. The number of sulfonamides is 1. The number of carbonyl (C=O) groups excluding carboxylic acids is 2. The molecule has 2 aromatic carbocycles. The number of amides is 2. The van der Waals surface area contributed by atoms with E-state index in [4.69, 9.17) is 0 Å². The summed E-state index contributed by atoms with van der Waals surface area (Å²) in [7, 11) is -3.38. The second-order valence-electron chi connectivity index (χ2n) is 8.55. The van der Waals surface area contributed by atoms with Crippen molar-refractivity contribution in [2.24, 2.45) is 5.92 Å². The van der Waals surface area contributed by atoms with Gasteiger partial charge in [-0.15, -0.1) is 0 Å². The lowest BCUT2D eigenvalue weighted by Crippen LogP contribution is -2.38. The van der Waals surface area contributed by atoms with E-state index in [0.717, 1.165) is 23.2 Å². The third kappa shape index (κ3) is 5.02. The number of nitrogens with one attached hydrogen (secondary N) is 1. The molecule has 1 atom stereocenters. The number of aryl methyl sites for hydroxylation is 1. The maximum atomic E-state index is 12.7. The SMILES string of the molecule is Cc1ccc(N2CC(C(=O)NCCCS(=O)(=O)N3CCc4ccccc4C3)CC2=O)cc1. The normalized spacial score (nSPS) is 19.1. The Hall–Kier alpha value is -2.71. The fraction of sp³-hybridized carbons (Fsp3) is 0.417. The van der Waals surface area contributed by atoms with Crippen molar-refractivity contribution < 1.29 is 18.0 Å². The number of nitrogens with zero attached hydrogens (tertiary/aromatic N) is 2. The number of hydrogen-bond acceptors (Lipinski definition) is 4. The van der Waals surface area contributed by atoms with Crippen LogP contribution < -0.4 is 10.2 Å². The maximum Gasteiger partial charge on any atom is 0.227 e. The van der Waals surface area contributed by atoms with Gasteiger partial charge < -0.3 is 10.2 Å². The van der Waals surface area contributed by atoms with Gasteiger partial charge in [0.15, 0.2) is 0 Å². The average Bonchev–Trinajstić information content (AvgIpc) is 3.18. The molecule has 4 rings (SSSR count). The van der Waals surface area contributed by atoms with Gasteiger partial charge in [0.25, 0.3) is 0 Å². The monoisotopic (exact) mass is 455 g/mol. The summed E-state index contributed by atoms with van der Waals surface area (Å²) < 4.78 is 27.0. The second-order valence-corrected chi connectivity index (χ2v) is 10.6. The van der Waals surface area contributed by atoms with Gasteiger partial charge in [0.1, 0.15) is 0 Å². The zero-order chi connectivity index (χ0) is 22.7. The largest absolute Gasteiger partial charge is 0.356 e. The van der Waals surface area contributed by atoms with Crippen LogP contribution in [0.1, 0.15) is 29.5 Å². The molecule has 2 heterocycles. The first-order valence-corrected chi connectivity index (χ1v) is 12.6. The third-order valence-electron chi connectivity index (χ3n) is 6.21. The number of rotatable bonds is 7. The fourth-order valence-corrected chi connectivity index (χ4v) is 5.78. The molecule has 2 aliphatic rings. The summed E-state index contributed by atoms with van der Waals surface area (Å²) in [6.07, 6.45) is 1.24. The molecule has 0 saturated carbocycles. The molecule has 2 amide bonds. The Kier molecular flexibility index (Phi) is 6.62. The van der Waals surface area contributed by atoms with E-state index in [1.165, 1.54) is 9.87 Å². The number of carbonyl (C=O) groups is 2. The summed E-state index contributed by atoms with van der Waals surface area (Å²) >= 11 is 0. The third-order valence-corrected chi connectivity index (χ3v) is 8.11. The van der Waals surface area contributed by atoms with Crippen LogP contribution in [0.2, 0.25) is 0 Å². The van der Waals surface area contributed by atoms with Gasteiger partial charge in [-0.3, -0.25) is 9.59 Å². The molecule has 0 aliphatic carbocycles. The zero-order valence-electron chi connectivity index (χ0n) is 18.3. The standard InChI is InChI=1S/C24H29N3O4S/c1-18-7-9-22(10-8-18)27-17-21(15-23(27)28)24(29)25-12-4-14-32(30,31)26-13-11-19-5-2-3-6-20(19)16-26/h2-3,5-10,21H,4,11-17H2,1H3,(H,25,29). The van der Waals surface area contributed by atoms with Crippen LogP contribution in [0.4, 0.5) is 5.69 Å². The lowest BCUT2D eigenvalue weighted by atomic mass is 10.0. The Morgan fingerprint density at radius 2 is 1.81 bits per heavy atom. The van der Waals surface area contributed by atoms with Crippen molar-refractivity contribution in [2.45, 2.75) is 32.7 Å². The van der Waals surface area contributed by atoms with Gasteiger partial charge in [-0.2, -0.15) is 4.31 Å². The summed E-state index contributed by atoms with van der Waals surface area (Å²) in [6, 6.07) is 15.6. The Labute approximate surface area is 189 Å². The molecule has 1 fully saturated rings. The van der Waals surface area contributed by atoms with Crippen molar-refractivity contribution in [3.05, 3.63) is 65.2 Å². The summed E-state index contributed by atoms with van der Waals surface area (Å²) in [5.74, 6) is -0.688. The van der Waals surface area contributed by atoms with Crippen LogP contribution in [0.5, 0.6) is 0 Å². The van der Waals surface area contributed by atoms with Crippen LogP contribution in [0.15, 0.2) is 48.5 Å². The molecule has 0 bridgehead atoms. The fourth-order valence-electron chi connectivity index (χ4n) is 4.30. The first-order valence-electron chi connectivity index (χ1n) is 11.0. The average molecular weight is 456 g/mol. The maximum absolute atomic E-state index is 12.7. The lowest BCUT2D eigenvalue weighted by Gasteiger charge is -2.28. The number of fused-ring (bicyclic) bond motifs is 1. The summed E-state index contributed by atoms with van der Waals surface area (Å²) in [5.41, 5.74) is 4.17. The molecule has 1 N–H and O–H groups in total. The molecular formula is C24H29N3O4S. The molecular weight excluding hydrogens is 426 g/mol. The Morgan fingerprint density at radius 1 is 1.09 bits per heavy atom. The van der Waals surface area contributed by atoms with E-state index < -0.39 is 15.9 Å². The van der Waals surface area contributed by atoms with E-state index in [9.17, 15) is 18.0 Å². The van der Waals surface area contributed by atoms with E-state index in [2.05, 4.69) is 5.32 Å². The van der Waals surface area contributed by atoms with Crippen LogP contribution in [0.25, 0.3) is 0 Å². The van der Waals surface area contributed by atoms with Gasteiger partial charge in [0.05, 0.1) is 11.7 Å². The minimum Gasteiger partial charge on any atom is -0.356 e. The highest BCUT2D eigenvalue weighted by atomic mass is 32.2.